The first-order valence-corrected chi connectivity index (χ1v) is 9.44. The second-order valence-corrected chi connectivity index (χ2v) is 7.23. The molecule has 0 aliphatic heterocycles. The number of hydrogen-bond donors (Lipinski definition) is 1. The highest BCUT2D eigenvalue weighted by atomic mass is 32.1. The Hall–Kier alpha value is -3.72. The van der Waals surface area contributed by atoms with Gasteiger partial charge in [-0.15, -0.1) is 0 Å². The summed E-state index contributed by atoms with van der Waals surface area (Å²) in [7, 11) is 1.46. The monoisotopic (exact) mass is 408 g/mol. The number of anilines is 1. The Labute approximate surface area is 169 Å². The van der Waals surface area contributed by atoms with E-state index >= 15 is 0 Å². The average Bonchev–Trinajstić information content (AvgIpc) is 3.33. The van der Waals surface area contributed by atoms with Crippen LogP contribution in [0.1, 0.15) is 11.3 Å². The van der Waals surface area contributed by atoms with Gasteiger partial charge in [-0.3, -0.25) is 15.5 Å². The van der Waals surface area contributed by atoms with Crippen LogP contribution in [0.3, 0.4) is 0 Å². The number of hydrazone groups is 1. The molecule has 9 heteroatoms. The summed E-state index contributed by atoms with van der Waals surface area (Å²) in [5.74, 6) is 1.23. The molecule has 2 heterocycles. The number of nitro benzene ring substituents is 1. The number of aryl methyl sites for hydroxylation is 1. The van der Waals surface area contributed by atoms with E-state index in [1.54, 1.807) is 24.3 Å². The quantitative estimate of drug-likeness (QED) is 0.266. The number of ether oxygens (including phenoxy) is 1. The number of benzene rings is 2. The molecule has 146 valence electrons. The maximum atomic E-state index is 11.4. The van der Waals surface area contributed by atoms with Gasteiger partial charge in [-0.2, -0.15) is 5.10 Å². The number of furan rings is 1. The van der Waals surface area contributed by atoms with Crippen LogP contribution >= 0.6 is 11.3 Å². The lowest BCUT2D eigenvalue weighted by atomic mass is 10.1. The van der Waals surface area contributed by atoms with Gasteiger partial charge in [-0.25, -0.2) is 4.98 Å². The zero-order valence-electron chi connectivity index (χ0n) is 15.6. The number of nitrogens with zero attached hydrogens (tertiary/aromatic N) is 3. The highest BCUT2D eigenvalue weighted by Crippen LogP contribution is 2.34. The van der Waals surface area contributed by atoms with Crippen molar-refractivity contribution in [1.82, 2.24) is 4.98 Å². The Morgan fingerprint density at radius 2 is 2.10 bits per heavy atom. The number of methoxy groups -OCH3 is 1. The average molecular weight is 408 g/mol. The Bertz CT molecular complexity index is 1230. The molecule has 1 N–H and O–H groups in total. The first-order chi connectivity index (χ1) is 14.0. The van der Waals surface area contributed by atoms with E-state index in [2.05, 4.69) is 21.6 Å². The number of hydrogen-bond acceptors (Lipinski definition) is 8. The van der Waals surface area contributed by atoms with E-state index in [1.807, 2.05) is 19.1 Å². The molecule has 0 saturated carbocycles. The third-order valence-electron chi connectivity index (χ3n) is 4.19. The third-order valence-corrected chi connectivity index (χ3v) is 5.11. The summed E-state index contributed by atoms with van der Waals surface area (Å²) in [5.41, 5.74) is 5.24. The highest BCUT2D eigenvalue weighted by Gasteiger charge is 2.19. The molecule has 0 amide bonds. The van der Waals surface area contributed by atoms with Crippen molar-refractivity contribution in [2.75, 3.05) is 12.5 Å². The summed E-state index contributed by atoms with van der Waals surface area (Å²) >= 11 is 1.50. The molecular formula is C20H16N4O4S. The summed E-state index contributed by atoms with van der Waals surface area (Å²) in [6, 6.07) is 14.0. The second kappa shape index (κ2) is 7.72. The van der Waals surface area contributed by atoms with Gasteiger partial charge in [0.05, 0.1) is 40.1 Å². The Morgan fingerprint density at radius 3 is 2.90 bits per heavy atom. The summed E-state index contributed by atoms with van der Waals surface area (Å²) < 4.78 is 11.8. The lowest BCUT2D eigenvalue weighted by molar-refractivity contribution is -0.384. The van der Waals surface area contributed by atoms with Gasteiger partial charge in [-0.1, -0.05) is 17.4 Å². The molecule has 0 radical (unpaired) electrons. The number of nitro groups is 1. The van der Waals surface area contributed by atoms with Crippen molar-refractivity contribution in [3.05, 3.63) is 70.0 Å². The molecular weight excluding hydrogens is 392 g/mol. The molecule has 4 rings (SSSR count). The molecule has 0 atom stereocenters. The number of aromatic nitrogens is 1. The summed E-state index contributed by atoms with van der Waals surface area (Å²) in [6.45, 7) is 2.03. The van der Waals surface area contributed by atoms with Gasteiger partial charge in [0.2, 0.25) is 5.13 Å². The van der Waals surface area contributed by atoms with Crippen LogP contribution in [0.4, 0.5) is 10.8 Å². The smallest absolute Gasteiger partial charge is 0.284 e. The molecule has 0 aliphatic carbocycles. The summed E-state index contributed by atoms with van der Waals surface area (Å²) in [5, 5.41) is 16.2. The normalized spacial score (nSPS) is 11.2. The maximum absolute atomic E-state index is 11.4. The fourth-order valence-electron chi connectivity index (χ4n) is 2.80. The summed E-state index contributed by atoms with van der Waals surface area (Å²) in [4.78, 5) is 15.4. The molecule has 0 unspecified atom stereocenters. The van der Waals surface area contributed by atoms with Crippen LogP contribution in [-0.2, 0) is 0 Å². The van der Waals surface area contributed by atoms with Crippen LogP contribution in [0.15, 0.2) is 58.0 Å². The van der Waals surface area contributed by atoms with Crippen LogP contribution in [0.25, 0.3) is 21.5 Å². The molecule has 8 nitrogen and oxygen atoms in total. The van der Waals surface area contributed by atoms with Crippen molar-refractivity contribution in [3.63, 3.8) is 0 Å². The molecule has 0 spiro atoms. The van der Waals surface area contributed by atoms with Gasteiger partial charge in [-0.05, 0) is 48.9 Å². The molecule has 0 aliphatic rings. The zero-order valence-corrected chi connectivity index (χ0v) is 16.4. The van der Waals surface area contributed by atoms with Gasteiger partial charge in [0.1, 0.15) is 17.3 Å². The Kier molecular flexibility index (Phi) is 4.96. The fourth-order valence-corrected chi connectivity index (χ4v) is 3.71. The van der Waals surface area contributed by atoms with Crippen LogP contribution < -0.4 is 10.2 Å². The zero-order chi connectivity index (χ0) is 20.4. The number of fused-ring (bicyclic) bond motifs is 1. The largest absolute Gasteiger partial charge is 0.497 e. The van der Waals surface area contributed by atoms with E-state index in [0.29, 0.717) is 28.0 Å². The van der Waals surface area contributed by atoms with Gasteiger partial charge in [0.25, 0.3) is 5.69 Å². The first-order valence-electron chi connectivity index (χ1n) is 8.62. The highest BCUT2D eigenvalue weighted by molar-refractivity contribution is 7.22. The van der Waals surface area contributed by atoms with Crippen molar-refractivity contribution in [2.45, 2.75) is 6.92 Å². The Balaban J connectivity index is 1.52. The molecule has 0 saturated heterocycles. The van der Waals surface area contributed by atoms with Crippen LogP contribution in [0.2, 0.25) is 0 Å². The van der Waals surface area contributed by atoms with E-state index in [4.69, 9.17) is 9.15 Å². The van der Waals surface area contributed by atoms with Crippen LogP contribution in [0.5, 0.6) is 5.75 Å². The van der Waals surface area contributed by atoms with E-state index in [9.17, 15) is 10.1 Å². The van der Waals surface area contributed by atoms with Gasteiger partial charge < -0.3 is 9.15 Å². The maximum Gasteiger partial charge on any atom is 0.284 e. The van der Waals surface area contributed by atoms with Crippen molar-refractivity contribution >= 4 is 38.6 Å². The van der Waals surface area contributed by atoms with Crippen molar-refractivity contribution in [1.29, 1.82) is 0 Å². The van der Waals surface area contributed by atoms with Gasteiger partial charge >= 0.3 is 0 Å². The minimum atomic E-state index is -0.468. The molecule has 0 bridgehead atoms. The number of nitrogens with one attached hydrogen (secondary N) is 1. The molecule has 2 aromatic heterocycles. The minimum Gasteiger partial charge on any atom is -0.497 e. The minimum absolute atomic E-state index is 0.0925. The predicted octanol–water partition coefficient (Wildman–Crippen LogP) is 5.23. The SMILES string of the molecule is COc1ccc(-c2ccc(/C=N/Nc3nc4ccc(C)cc4s3)o2)c([N+](=O)[O-])c1. The van der Waals surface area contributed by atoms with E-state index in [-0.39, 0.29) is 5.69 Å². The van der Waals surface area contributed by atoms with Crippen molar-refractivity contribution in [2.24, 2.45) is 5.10 Å². The third kappa shape index (κ3) is 3.94. The topological polar surface area (TPSA) is 103 Å². The number of rotatable bonds is 6. The van der Waals surface area contributed by atoms with E-state index in [0.717, 1.165) is 10.2 Å². The number of thiazole rings is 1. The van der Waals surface area contributed by atoms with Crippen molar-refractivity contribution in [3.8, 4) is 17.1 Å². The lowest BCUT2D eigenvalue weighted by Crippen LogP contribution is -1.93. The van der Waals surface area contributed by atoms with E-state index in [1.165, 1.54) is 36.3 Å². The standard InChI is InChI=1S/C20H16N4O4S/c1-12-3-7-16-19(9-12)29-20(22-16)23-21-11-14-5-8-18(28-14)15-6-4-13(27-2)10-17(15)24(25)26/h3-11H,1-2H3,(H,22,23)/b21-11+. The molecule has 29 heavy (non-hydrogen) atoms. The molecule has 2 aromatic carbocycles. The van der Waals surface area contributed by atoms with Crippen molar-refractivity contribution < 1.29 is 14.1 Å². The molecule has 4 aromatic rings. The van der Waals surface area contributed by atoms with E-state index < -0.39 is 4.92 Å². The summed E-state index contributed by atoms with van der Waals surface area (Å²) in [6.07, 6.45) is 1.50. The predicted molar refractivity (Wildman–Crippen MR) is 113 cm³/mol. The first kappa shape index (κ1) is 18.6. The Morgan fingerprint density at radius 1 is 1.24 bits per heavy atom. The second-order valence-electron chi connectivity index (χ2n) is 6.20. The van der Waals surface area contributed by atoms with Gasteiger partial charge in [0, 0.05) is 0 Å². The van der Waals surface area contributed by atoms with Crippen LogP contribution in [-0.4, -0.2) is 23.2 Å². The fraction of sp³-hybridized carbons (Fsp3) is 0.100. The van der Waals surface area contributed by atoms with Gasteiger partial charge in [0.15, 0.2) is 0 Å². The van der Waals surface area contributed by atoms with Crippen LogP contribution in [0, 0.1) is 17.0 Å². The molecule has 0 fully saturated rings. The lowest BCUT2D eigenvalue weighted by Gasteiger charge is -2.03.